The first-order valence-electron chi connectivity index (χ1n) is 7.71. The molecule has 1 unspecified atom stereocenters. The zero-order valence-corrected chi connectivity index (χ0v) is 14.3. The Morgan fingerprint density at radius 3 is 2.71 bits per heavy atom. The summed E-state index contributed by atoms with van der Waals surface area (Å²) in [5, 5.41) is 11.4. The van der Waals surface area contributed by atoms with Crippen LogP contribution in [0.5, 0.6) is 0 Å². The van der Waals surface area contributed by atoms with Crippen molar-refractivity contribution in [1.29, 1.82) is 5.26 Å². The molecule has 3 aromatic rings. The zero-order valence-electron chi connectivity index (χ0n) is 13.6. The van der Waals surface area contributed by atoms with Gasteiger partial charge in [0.1, 0.15) is 0 Å². The maximum Gasteiger partial charge on any atom is 0.251 e. The Kier molecular flexibility index (Phi) is 4.17. The number of hydrogen-bond donors (Lipinski definition) is 1. The molecule has 0 aliphatic carbocycles. The second kappa shape index (κ2) is 6.14. The van der Waals surface area contributed by atoms with Gasteiger partial charge in [0.25, 0.3) is 5.56 Å². The third kappa shape index (κ3) is 3.06. The standard InChI is InChI=1S/C20H17ClN2O/c1-13-8-15-6-7-16(10-18(15)23-19(13)24)20(2,12-22)11-14-4-3-5-17(21)9-14/h3-10H,11H2,1-2H3,(H,23,24). The molecule has 0 radical (unpaired) electrons. The molecule has 0 aliphatic heterocycles. The normalized spacial score (nSPS) is 13.4. The van der Waals surface area contributed by atoms with Crippen molar-refractivity contribution in [3.05, 3.63) is 80.6 Å². The number of nitriles is 1. The molecule has 0 fully saturated rings. The number of aromatic nitrogens is 1. The van der Waals surface area contributed by atoms with Gasteiger partial charge in [0.05, 0.1) is 11.5 Å². The lowest BCUT2D eigenvalue weighted by atomic mass is 9.78. The van der Waals surface area contributed by atoms with Crippen LogP contribution in [0.3, 0.4) is 0 Å². The number of benzene rings is 2. The van der Waals surface area contributed by atoms with Crippen LogP contribution in [0.2, 0.25) is 5.02 Å². The zero-order chi connectivity index (χ0) is 17.3. The molecule has 120 valence electrons. The van der Waals surface area contributed by atoms with Crippen LogP contribution in [-0.4, -0.2) is 4.98 Å². The number of hydrogen-bond acceptors (Lipinski definition) is 2. The second-order valence-corrected chi connectivity index (χ2v) is 6.77. The Labute approximate surface area is 145 Å². The highest BCUT2D eigenvalue weighted by atomic mass is 35.5. The van der Waals surface area contributed by atoms with Crippen molar-refractivity contribution in [2.75, 3.05) is 0 Å². The van der Waals surface area contributed by atoms with Gasteiger partial charge in [-0.25, -0.2) is 0 Å². The van der Waals surface area contributed by atoms with Gasteiger partial charge in [0.2, 0.25) is 0 Å². The van der Waals surface area contributed by atoms with E-state index in [0.717, 1.165) is 22.0 Å². The van der Waals surface area contributed by atoms with Gasteiger partial charge in [-0.1, -0.05) is 35.9 Å². The molecular formula is C20H17ClN2O. The number of fused-ring (bicyclic) bond motifs is 1. The minimum absolute atomic E-state index is 0.104. The predicted molar refractivity (Wildman–Crippen MR) is 97.4 cm³/mol. The van der Waals surface area contributed by atoms with Gasteiger partial charge < -0.3 is 4.98 Å². The minimum atomic E-state index is -0.708. The Morgan fingerprint density at radius 1 is 1.21 bits per heavy atom. The summed E-state index contributed by atoms with van der Waals surface area (Å²) < 4.78 is 0. The Bertz CT molecular complexity index is 1020. The molecule has 4 heteroatoms. The lowest BCUT2D eigenvalue weighted by molar-refractivity contribution is 0.607. The first-order valence-corrected chi connectivity index (χ1v) is 8.09. The van der Waals surface area contributed by atoms with Crippen LogP contribution >= 0.6 is 11.6 Å². The lowest BCUT2D eigenvalue weighted by Crippen LogP contribution is -2.23. The predicted octanol–water partition coefficient (Wildman–Crippen LogP) is 4.51. The van der Waals surface area contributed by atoms with Crippen molar-refractivity contribution in [1.82, 2.24) is 4.98 Å². The maximum atomic E-state index is 11.9. The molecule has 0 spiro atoms. The first kappa shape index (κ1) is 16.3. The van der Waals surface area contributed by atoms with Gasteiger partial charge in [-0.2, -0.15) is 5.26 Å². The fraction of sp³-hybridized carbons (Fsp3) is 0.200. The number of rotatable bonds is 3. The summed E-state index contributed by atoms with van der Waals surface area (Å²) in [7, 11) is 0. The van der Waals surface area contributed by atoms with Crippen molar-refractivity contribution >= 4 is 22.5 Å². The van der Waals surface area contributed by atoms with Gasteiger partial charge in [0, 0.05) is 16.1 Å². The van der Waals surface area contributed by atoms with Crippen molar-refractivity contribution < 1.29 is 0 Å². The van der Waals surface area contributed by atoms with Crippen molar-refractivity contribution in [2.24, 2.45) is 0 Å². The summed E-state index contributed by atoms with van der Waals surface area (Å²) in [5.41, 5.74) is 2.49. The van der Waals surface area contributed by atoms with Crippen molar-refractivity contribution in [3.8, 4) is 6.07 Å². The van der Waals surface area contributed by atoms with Crippen molar-refractivity contribution in [2.45, 2.75) is 25.7 Å². The van der Waals surface area contributed by atoms with Gasteiger partial charge in [-0.05, 0) is 61.0 Å². The van der Waals surface area contributed by atoms with E-state index in [0.29, 0.717) is 17.0 Å². The fourth-order valence-electron chi connectivity index (χ4n) is 2.91. The van der Waals surface area contributed by atoms with E-state index < -0.39 is 5.41 Å². The average Bonchev–Trinajstić information content (AvgIpc) is 2.55. The summed E-state index contributed by atoms with van der Waals surface area (Å²) in [5.74, 6) is 0. The lowest BCUT2D eigenvalue weighted by Gasteiger charge is -2.23. The number of aromatic amines is 1. The van der Waals surface area contributed by atoms with Gasteiger partial charge in [-0.3, -0.25) is 4.79 Å². The summed E-state index contributed by atoms with van der Waals surface area (Å²) in [6.45, 7) is 3.69. The van der Waals surface area contributed by atoms with E-state index in [1.54, 1.807) is 6.92 Å². The molecule has 2 aromatic carbocycles. The summed E-state index contributed by atoms with van der Waals surface area (Å²) >= 11 is 6.05. The molecule has 0 amide bonds. The average molecular weight is 337 g/mol. The summed E-state index contributed by atoms with van der Waals surface area (Å²) in [4.78, 5) is 14.7. The first-order chi connectivity index (χ1) is 11.4. The molecule has 0 saturated carbocycles. The van der Waals surface area contributed by atoms with Crippen LogP contribution in [0.1, 0.15) is 23.6 Å². The van der Waals surface area contributed by atoms with E-state index in [4.69, 9.17) is 11.6 Å². The van der Waals surface area contributed by atoms with Crippen LogP contribution in [-0.2, 0) is 11.8 Å². The molecule has 1 N–H and O–H groups in total. The Hall–Kier alpha value is -2.57. The number of nitrogens with zero attached hydrogens (tertiary/aromatic N) is 1. The van der Waals surface area contributed by atoms with E-state index in [9.17, 15) is 10.1 Å². The topological polar surface area (TPSA) is 56.6 Å². The molecule has 0 bridgehead atoms. The highest BCUT2D eigenvalue weighted by Crippen LogP contribution is 2.30. The fourth-order valence-corrected chi connectivity index (χ4v) is 3.13. The number of nitrogens with one attached hydrogen (secondary N) is 1. The smallest absolute Gasteiger partial charge is 0.251 e. The van der Waals surface area contributed by atoms with Gasteiger partial charge in [0.15, 0.2) is 0 Å². The molecule has 3 nitrogen and oxygen atoms in total. The third-order valence-electron chi connectivity index (χ3n) is 4.36. The van der Waals surface area contributed by atoms with E-state index in [1.807, 2.05) is 55.5 Å². The second-order valence-electron chi connectivity index (χ2n) is 6.33. The Balaban J connectivity index is 2.07. The molecule has 3 rings (SSSR count). The van der Waals surface area contributed by atoms with Crippen LogP contribution in [0.25, 0.3) is 10.9 Å². The van der Waals surface area contributed by atoms with Gasteiger partial charge >= 0.3 is 0 Å². The molecule has 1 aromatic heterocycles. The van der Waals surface area contributed by atoms with E-state index in [1.165, 1.54) is 0 Å². The number of pyridine rings is 1. The summed E-state index contributed by atoms with van der Waals surface area (Å²) in [6.07, 6.45) is 0.547. The molecule has 1 atom stereocenters. The van der Waals surface area contributed by atoms with Crippen LogP contribution in [0.15, 0.2) is 53.3 Å². The molecule has 0 aliphatic rings. The minimum Gasteiger partial charge on any atom is -0.322 e. The van der Waals surface area contributed by atoms with Crippen LogP contribution in [0.4, 0.5) is 0 Å². The van der Waals surface area contributed by atoms with Crippen LogP contribution < -0.4 is 5.56 Å². The Morgan fingerprint density at radius 2 is 2.00 bits per heavy atom. The highest BCUT2D eigenvalue weighted by Gasteiger charge is 2.27. The largest absolute Gasteiger partial charge is 0.322 e. The van der Waals surface area contributed by atoms with Gasteiger partial charge in [-0.15, -0.1) is 0 Å². The molecule has 24 heavy (non-hydrogen) atoms. The quantitative estimate of drug-likeness (QED) is 0.764. The number of aryl methyl sites for hydroxylation is 1. The third-order valence-corrected chi connectivity index (χ3v) is 4.60. The molecule has 1 heterocycles. The van der Waals surface area contributed by atoms with Crippen LogP contribution in [0, 0.1) is 18.3 Å². The monoisotopic (exact) mass is 336 g/mol. The summed E-state index contributed by atoms with van der Waals surface area (Å²) in [6, 6.07) is 17.6. The highest BCUT2D eigenvalue weighted by molar-refractivity contribution is 6.30. The number of H-pyrrole nitrogens is 1. The number of halogens is 1. The van der Waals surface area contributed by atoms with E-state index in [-0.39, 0.29) is 5.56 Å². The molecular weight excluding hydrogens is 320 g/mol. The molecule has 0 saturated heterocycles. The SMILES string of the molecule is Cc1cc2ccc(C(C)(C#N)Cc3cccc(Cl)c3)cc2[nH]c1=O. The van der Waals surface area contributed by atoms with Crippen molar-refractivity contribution in [3.63, 3.8) is 0 Å². The maximum absolute atomic E-state index is 11.9. The van der Waals surface area contributed by atoms with E-state index in [2.05, 4.69) is 11.1 Å². The van der Waals surface area contributed by atoms with E-state index >= 15 is 0 Å².